The summed E-state index contributed by atoms with van der Waals surface area (Å²) in [6.45, 7) is 8.99. The molecule has 2 unspecified atom stereocenters. The monoisotopic (exact) mass is 438 g/mol. The number of benzene rings is 1. The number of aryl methyl sites for hydroxylation is 1. The first kappa shape index (κ1) is 23.5. The van der Waals surface area contributed by atoms with E-state index in [2.05, 4.69) is 18.8 Å². The molecule has 2 atom stereocenters. The van der Waals surface area contributed by atoms with E-state index in [4.69, 9.17) is 5.26 Å². The molecule has 0 amide bonds. The van der Waals surface area contributed by atoms with Crippen LogP contribution in [0.2, 0.25) is 0 Å². The highest BCUT2D eigenvalue weighted by atomic mass is 19.1. The number of hydrogen-bond donors (Lipinski definition) is 1. The summed E-state index contributed by atoms with van der Waals surface area (Å²) < 4.78 is 16.6. The lowest BCUT2D eigenvalue weighted by Crippen LogP contribution is -2.41. The normalized spacial score (nSPS) is 17.8. The van der Waals surface area contributed by atoms with Gasteiger partial charge >= 0.3 is 5.69 Å². The van der Waals surface area contributed by atoms with E-state index in [9.17, 15) is 14.0 Å². The van der Waals surface area contributed by atoms with Crippen LogP contribution in [0.25, 0.3) is 5.70 Å². The first-order valence-corrected chi connectivity index (χ1v) is 11.3. The lowest BCUT2D eigenvalue weighted by Gasteiger charge is -2.17. The van der Waals surface area contributed by atoms with Gasteiger partial charge in [-0.3, -0.25) is 13.9 Å². The minimum atomic E-state index is -0.544. The molecule has 1 aliphatic rings. The average Bonchev–Trinajstić information content (AvgIpc) is 3.21. The standard InChI is InChI=1S/C25H31FN4O2/c1-17-7-9-22(13-17)30-16-18(2)24(31)29(25(30)32)12-6-4-5-11-28-19(3)20-8-10-23(26)21(14-20)15-27/h8,10,14,16-17,22,28H,3-7,9,11-13H2,1-2H3. The molecule has 1 aromatic carbocycles. The van der Waals surface area contributed by atoms with Gasteiger partial charge in [-0.25, -0.2) is 9.18 Å². The molecule has 0 saturated heterocycles. The fraction of sp³-hybridized carbons (Fsp3) is 0.480. The summed E-state index contributed by atoms with van der Waals surface area (Å²) in [5, 5.41) is 12.1. The number of nitriles is 1. The van der Waals surface area contributed by atoms with E-state index < -0.39 is 5.82 Å². The summed E-state index contributed by atoms with van der Waals surface area (Å²) in [4.78, 5) is 25.5. The maximum Gasteiger partial charge on any atom is 0.331 e. The predicted octanol–water partition coefficient (Wildman–Crippen LogP) is 4.12. The molecule has 0 spiro atoms. The second-order valence-electron chi connectivity index (χ2n) is 8.80. The molecule has 3 rings (SSSR count). The van der Waals surface area contributed by atoms with Gasteiger partial charge in [0.2, 0.25) is 0 Å². The van der Waals surface area contributed by atoms with E-state index in [-0.39, 0.29) is 22.9 Å². The zero-order chi connectivity index (χ0) is 23.3. The lowest BCUT2D eigenvalue weighted by atomic mass is 10.1. The maximum atomic E-state index is 13.5. The quantitative estimate of drug-likeness (QED) is 0.597. The largest absolute Gasteiger partial charge is 0.385 e. The second kappa shape index (κ2) is 10.4. The molecular weight excluding hydrogens is 407 g/mol. The van der Waals surface area contributed by atoms with Crippen molar-refractivity contribution in [1.82, 2.24) is 14.5 Å². The van der Waals surface area contributed by atoms with Crippen molar-refractivity contribution in [3.63, 3.8) is 0 Å². The van der Waals surface area contributed by atoms with E-state index in [1.807, 2.05) is 6.07 Å². The van der Waals surface area contributed by atoms with Crippen LogP contribution in [0.5, 0.6) is 0 Å². The Morgan fingerprint density at radius 1 is 1.28 bits per heavy atom. The van der Waals surface area contributed by atoms with Gasteiger partial charge in [0.05, 0.1) is 5.56 Å². The molecule has 0 radical (unpaired) electrons. The van der Waals surface area contributed by atoms with Crippen LogP contribution in [-0.4, -0.2) is 15.7 Å². The fourth-order valence-corrected chi connectivity index (χ4v) is 4.36. The molecule has 0 bridgehead atoms. The van der Waals surface area contributed by atoms with E-state index in [0.717, 1.165) is 38.5 Å². The van der Waals surface area contributed by atoms with Crippen molar-refractivity contribution in [3.8, 4) is 6.07 Å². The van der Waals surface area contributed by atoms with Crippen molar-refractivity contribution in [2.24, 2.45) is 5.92 Å². The molecule has 1 heterocycles. The summed E-state index contributed by atoms with van der Waals surface area (Å²) in [7, 11) is 0. The molecule has 6 nitrogen and oxygen atoms in total. The third-order valence-corrected chi connectivity index (χ3v) is 6.26. The molecule has 1 aromatic heterocycles. The smallest absolute Gasteiger partial charge is 0.331 e. The molecule has 0 aliphatic heterocycles. The number of halogens is 1. The van der Waals surface area contributed by atoms with Crippen LogP contribution in [0.3, 0.4) is 0 Å². The molecule has 1 aliphatic carbocycles. The van der Waals surface area contributed by atoms with Gasteiger partial charge in [0.15, 0.2) is 0 Å². The van der Waals surface area contributed by atoms with Crippen LogP contribution in [0, 0.1) is 30.0 Å². The van der Waals surface area contributed by atoms with E-state index in [1.165, 1.54) is 16.7 Å². The van der Waals surface area contributed by atoms with Gasteiger partial charge in [-0.1, -0.05) is 13.5 Å². The SMILES string of the molecule is C=C(NCCCCCn1c(=O)c(C)cn(C2CCC(C)C2)c1=O)c1ccc(F)c(C#N)c1. The minimum Gasteiger partial charge on any atom is -0.385 e. The fourth-order valence-electron chi connectivity index (χ4n) is 4.36. The number of nitrogens with one attached hydrogen (secondary N) is 1. The third-order valence-electron chi connectivity index (χ3n) is 6.26. The summed E-state index contributed by atoms with van der Waals surface area (Å²) in [5.41, 5.74) is 1.51. The molecular formula is C25H31FN4O2. The zero-order valence-corrected chi connectivity index (χ0v) is 18.9. The van der Waals surface area contributed by atoms with Crippen molar-refractivity contribution < 1.29 is 4.39 Å². The molecule has 1 N–H and O–H groups in total. The number of rotatable bonds is 9. The topological polar surface area (TPSA) is 79.8 Å². The first-order valence-electron chi connectivity index (χ1n) is 11.3. The molecule has 170 valence electrons. The Kier molecular flexibility index (Phi) is 7.68. The van der Waals surface area contributed by atoms with Crippen molar-refractivity contribution in [3.05, 3.63) is 74.3 Å². The predicted molar refractivity (Wildman–Crippen MR) is 124 cm³/mol. The van der Waals surface area contributed by atoms with Gasteiger partial charge in [-0.2, -0.15) is 5.26 Å². The van der Waals surface area contributed by atoms with Gasteiger partial charge < -0.3 is 5.32 Å². The highest BCUT2D eigenvalue weighted by Gasteiger charge is 2.24. The Labute approximate surface area is 188 Å². The van der Waals surface area contributed by atoms with Gasteiger partial charge in [0.25, 0.3) is 5.56 Å². The molecule has 2 aromatic rings. The minimum absolute atomic E-state index is 0.00763. The number of nitrogens with zero attached hydrogens (tertiary/aromatic N) is 3. The van der Waals surface area contributed by atoms with Crippen LogP contribution >= 0.6 is 0 Å². The molecule has 1 fully saturated rings. The van der Waals surface area contributed by atoms with Crippen molar-refractivity contribution >= 4 is 5.70 Å². The average molecular weight is 439 g/mol. The highest BCUT2D eigenvalue weighted by Crippen LogP contribution is 2.33. The van der Waals surface area contributed by atoms with Gasteiger partial charge in [-0.05, 0) is 75.1 Å². The Morgan fingerprint density at radius 2 is 2.06 bits per heavy atom. The van der Waals surface area contributed by atoms with Crippen LogP contribution in [0.4, 0.5) is 4.39 Å². The first-order chi connectivity index (χ1) is 15.3. The van der Waals surface area contributed by atoms with E-state index in [0.29, 0.717) is 35.8 Å². The van der Waals surface area contributed by atoms with Crippen molar-refractivity contribution in [2.75, 3.05) is 6.54 Å². The number of hydrogen-bond acceptors (Lipinski definition) is 4. The Hall–Kier alpha value is -3.14. The Morgan fingerprint density at radius 3 is 2.75 bits per heavy atom. The van der Waals surface area contributed by atoms with Gasteiger partial charge in [-0.15, -0.1) is 0 Å². The summed E-state index contributed by atoms with van der Waals surface area (Å²) >= 11 is 0. The second-order valence-corrected chi connectivity index (χ2v) is 8.80. The summed E-state index contributed by atoms with van der Waals surface area (Å²) in [5.74, 6) is 0.0631. The highest BCUT2D eigenvalue weighted by molar-refractivity contribution is 5.63. The third kappa shape index (κ3) is 5.37. The van der Waals surface area contributed by atoms with E-state index >= 15 is 0 Å². The number of unbranched alkanes of at least 4 members (excludes halogenated alkanes) is 2. The molecule has 7 heteroatoms. The van der Waals surface area contributed by atoms with Crippen LogP contribution < -0.4 is 16.6 Å². The summed E-state index contributed by atoms with van der Waals surface area (Å²) in [6.07, 6.45) is 7.21. The van der Waals surface area contributed by atoms with Crippen molar-refractivity contribution in [1.29, 1.82) is 5.26 Å². The molecule has 32 heavy (non-hydrogen) atoms. The summed E-state index contributed by atoms with van der Waals surface area (Å²) in [6, 6.07) is 6.34. The van der Waals surface area contributed by atoms with Gasteiger partial charge in [0.1, 0.15) is 11.9 Å². The zero-order valence-electron chi connectivity index (χ0n) is 18.9. The lowest BCUT2D eigenvalue weighted by molar-refractivity contribution is 0.437. The van der Waals surface area contributed by atoms with Crippen LogP contribution in [-0.2, 0) is 6.54 Å². The Bertz CT molecular complexity index is 1140. The van der Waals surface area contributed by atoms with Crippen molar-refractivity contribution in [2.45, 2.75) is 65.0 Å². The van der Waals surface area contributed by atoms with Crippen LogP contribution in [0.15, 0.2) is 40.6 Å². The van der Waals surface area contributed by atoms with Gasteiger partial charge in [0, 0.05) is 36.6 Å². The Balaban J connectivity index is 1.51. The van der Waals surface area contributed by atoms with Crippen LogP contribution in [0.1, 0.15) is 68.2 Å². The van der Waals surface area contributed by atoms with E-state index in [1.54, 1.807) is 23.8 Å². The maximum absolute atomic E-state index is 13.5. The number of aromatic nitrogens is 2. The molecule has 1 saturated carbocycles.